The predicted molar refractivity (Wildman–Crippen MR) is 60.3 cm³/mol. The SMILES string of the molecule is CC(C)c1cc(F)c(F)c(O[C@@H]2CCOC2)c1. The van der Waals surface area contributed by atoms with E-state index in [-0.39, 0.29) is 17.8 Å². The molecule has 1 atom stereocenters. The Morgan fingerprint density at radius 2 is 2.12 bits per heavy atom. The molecule has 94 valence electrons. The van der Waals surface area contributed by atoms with Crippen LogP contribution in [0.25, 0.3) is 0 Å². The molecule has 0 N–H and O–H groups in total. The molecule has 0 aromatic heterocycles. The van der Waals surface area contributed by atoms with Gasteiger partial charge in [-0.15, -0.1) is 0 Å². The van der Waals surface area contributed by atoms with Crippen molar-refractivity contribution in [2.24, 2.45) is 0 Å². The molecule has 0 amide bonds. The Morgan fingerprint density at radius 1 is 1.35 bits per heavy atom. The lowest BCUT2D eigenvalue weighted by molar-refractivity contribution is 0.137. The van der Waals surface area contributed by atoms with E-state index in [1.165, 1.54) is 6.07 Å². The van der Waals surface area contributed by atoms with E-state index < -0.39 is 11.6 Å². The first-order valence-electron chi connectivity index (χ1n) is 5.81. The monoisotopic (exact) mass is 242 g/mol. The molecule has 1 aromatic carbocycles. The fraction of sp³-hybridized carbons (Fsp3) is 0.538. The van der Waals surface area contributed by atoms with E-state index in [0.29, 0.717) is 19.6 Å². The lowest BCUT2D eigenvalue weighted by Crippen LogP contribution is -2.17. The standard InChI is InChI=1S/C13H16F2O2/c1-8(2)9-5-11(14)13(15)12(6-9)17-10-3-4-16-7-10/h5-6,8,10H,3-4,7H2,1-2H3/t10-/m1/s1. The Labute approximate surface area is 99.5 Å². The zero-order valence-corrected chi connectivity index (χ0v) is 10.0. The summed E-state index contributed by atoms with van der Waals surface area (Å²) in [6.45, 7) is 4.90. The molecule has 2 nitrogen and oxygen atoms in total. The summed E-state index contributed by atoms with van der Waals surface area (Å²) in [7, 11) is 0. The van der Waals surface area contributed by atoms with E-state index in [2.05, 4.69) is 0 Å². The van der Waals surface area contributed by atoms with Crippen molar-refractivity contribution in [1.82, 2.24) is 0 Å². The van der Waals surface area contributed by atoms with E-state index in [1.54, 1.807) is 6.07 Å². The van der Waals surface area contributed by atoms with Gasteiger partial charge in [0.25, 0.3) is 0 Å². The second-order valence-electron chi connectivity index (χ2n) is 4.57. The van der Waals surface area contributed by atoms with Crippen LogP contribution in [0.5, 0.6) is 5.75 Å². The summed E-state index contributed by atoms with van der Waals surface area (Å²) in [5.74, 6) is -1.65. The van der Waals surface area contributed by atoms with E-state index in [1.807, 2.05) is 13.8 Å². The second kappa shape index (κ2) is 5.00. The van der Waals surface area contributed by atoms with Crippen molar-refractivity contribution in [3.63, 3.8) is 0 Å². The van der Waals surface area contributed by atoms with Crippen LogP contribution in [0.3, 0.4) is 0 Å². The molecule has 2 rings (SSSR count). The quantitative estimate of drug-likeness (QED) is 0.810. The van der Waals surface area contributed by atoms with Crippen molar-refractivity contribution < 1.29 is 18.3 Å². The second-order valence-corrected chi connectivity index (χ2v) is 4.57. The molecule has 0 radical (unpaired) electrons. The van der Waals surface area contributed by atoms with Crippen molar-refractivity contribution in [2.75, 3.05) is 13.2 Å². The first-order valence-corrected chi connectivity index (χ1v) is 5.81. The highest BCUT2D eigenvalue weighted by Crippen LogP contribution is 2.28. The molecule has 1 saturated heterocycles. The molecule has 1 aliphatic heterocycles. The summed E-state index contributed by atoms with van der Waals surface area (Å²) in [6, 6.07) is 2.79. The van der Waals surface area contributed by atoms with Crippen molar-refractivity contribution in [1.29, 1.82) is 0 Å². The number of ether oxygens (including phenoxy) is 2. The normalized spacial score (nSPS) is 19.9. The minimum Gasteiger partial charge on any atom is -0.485 e. The highest BCUT2D eigenvalue weighted by molar-refractivity contribution is 5.33. The predicted octanol–water partition coefficient (Wildman–Crippen LogP) is 3.26. The third-order valence-electron chi connectivity index (χ3n) is 2.87. The zero-order chi connectivity index (χ0) is 12.4. The van der Waals surface area contributed by atoms with Crippen LogP contribution in [0.15, 0.2) is 12.1 Å². The third-order valence-corrected chi connectivity index (χ3v) is 2.87. The van der Waals surface area contributed by atoms with E-state index >= 15 is 0 Å². The number of hydrogen-bond acceptors (Lipinski definition) is 2. The van der Waals surface area contributed by atoms with Crippen LogP contribution in [0.4, 0.5) is 8.78 Å². The van der Waals surface area contributed by atoms with Gasteiger partial charge < -0.3 is 9.47 Å². The van der Waals surface area contributed by atoms with Gasteiger partial charge in [-0.2, -0.15) is 4.39 Å². The van der Waals surface area contributed by atoms with E-state index in [9.17, 15) is 8.78 Å². The van der Waals surface area contributed by atoms with Gasteiger partial charge in [0, 0.05) is 6.42 Å². The van der Waals surface area contributed by atoms with Crippen LogP contribution in [-0.4, -0.2) is 19.3 Å². The van der Waals surface area contributed by atoms with Crippen LogP contribution in [0.2, 0.25) is 0 Å². The molecule has 4 heteroatoms. The van der Waals surface area contributed by atoms with Crippen molar-refractivity contribution >= 4 is 0 Å². The fourth-order valence-electron chi connectivity index (χ4n) is 1.79. The Kier molecular flexibility index (Phi) is 3.62. The summed E-state index contributed by atoms with van der Waals surface area (Å²) in [5.41, 5.74) is 0.734. The van der Waals surface area contributed by atoms with Crippen molar-refractivity contribution in [3.8, 4) is 5.75 Å². The Hall–Kier alpha value is -1.16. The molecule has 1 aliphatic rings. The first kappa shape index (κ1) is 12.3. The lowest BCUT2D eigenvalue weighted by atomic mass is 10.0. The smallest absolute Gasteiger partial charge is 0.200 e. The van der Waals surface area contributed by atoms with Gasteiger partial charge in [0.05, 0.1) is 13.2 Å². The van der Waals surface area contributed by atoms with Crippen LogP contribution in [0.1, 0.15) is 31.7 Å². The third kappa shape index (κ3) is 2.75. The first-order chi connectivity index (χ1) is 8.08. The van der Waals surface area contributed by atoms with Gasteiger partial charge in [0.15, 0.2) is 11.6 Å². The summed E-state index contributed by atoms with van der Waals surface area (Å²) in [5, 5.41) is 0. The average Bonchev–Trinajstić information content (AvgIpc) is 2.77. The lowest BCUT2D eigenvalue weighted by Gasteiger charge is -2.15. The highest BCUT2D eigenvalue weighted by Gasteiger charge is 2.21. The molecule has 1 aromatic rings. The molecule has 0 saturated carbocycles. The maximum atomic E-state index is 13.6. The molecule has 1 fully saturated rings. The number of benzene rings is 1. The molecule has 0 spiro atoms. The van der Waals surface area contributed by atoms with Gasteiger partial charge in [-0.05, 0) is 23.6 Å². The Bertz CT molecular complexity index is 399. The minimum atomic E-state index is -0.915. The molecule has 0 aliphatic carbocycles. The van der Waals surface area contributed by atoms with Crippen LogP contribution < -0.4 is 4.74 Å². The Balaban J connectivity index is 2.24. The van der Waals surface area contributed by atoms with E-state index in [4.69, 9.17) is 9.47 Å². The largest absolute Gasteiger partial charge is 0.485 e. The molecule has 17 heavy (non-hydrogen) atoms. The van der Waals surface area contributed by atoms with Crippen molar-refractivity contribution in [3.05, 3.63) is 29.3 Å². The van der Waals surface area contributed by atoms with Gasteiger partial charge >= 0.3 is 0 Å². The van der Waals surface area contributed by atoms with E-state index in [0.717, 1.165) is 5.56 Å². The maximum Gasteiger partial charge on any atom is 0.200 e. The maximum absolute atomic E-state index is 13.6. The molecular formula is C13H16F2O2. The zero-order valence-electron chi connectivity index (χ0n) is 10.0. The summed E-state index contributed by atoms with van der Waals surface area (Å²) >= 11 is 0. The number of halogens is 2. The topological polar surface area (TPSA) is 18.5 Å². The van der Waals surface area contributed by atoms with Gasteiger partial charge in [-0.3, -0.25) is 0 Å². The average molecular weight is 242 g/mol. The number of rotatable bonds is 3. The number of hydrogen-bond donors (Lipinski definition) is 0. The van der Waals surface area contributed by atoms with Crippen LogP contribution in [0, 0.1) is 11.6 Å². The Morgan fingerprint density at radius 3 is 2.71 bits per heavy atom. The summed E-state index contributed by atoms with van der Waals surface area (Å²) < 4.78 is 37.5. The van der Waals surface area contributed by atoms with Crippen LogP contribution in [-0.2, 0) is 4.74 Å². The summed E-state index contributed by atoms with van der Waals surface area (Å²) in [4.78, 5) is 0. The van der Waals surface area contributed by atoms with Gasteiger partial charge in [0.1, 0.15) is 6.10 Å². The molecule has 0 bridgehead atoms. The molecule has 1 heterocycles. The van der Waals surface area contributed by atoms with Gasteiger partial charge in [0.2, 0.25) is 5.82 Å². The summed E-state index contributed by atoms with van der Waals surface area (Å²) in [6.07, 6.45) is 0.541. The highest BCUT2D eigenvalue weighted by atomic mass is 19.2. The minimum absolute atomic E-state index is 0.01000. The molecule has 0 unspecified atom stereocenters. The van der Waals surface area contributed by atoms with Crippen LogP contribution >= 0.6 is 0 Å². The van der Waals surface area contributed by atoms with Gasteiger partial charge in [-0.25, -0.2) is 4.39 Å². The fourth-order valence-corrected chi connectivity index (χ4v) is 1.79. The van der Waals surface area contributed by atoms with Crippen molar-refractivity contribution in [2.45, 2.75) is 32.3 Å². The van der Waals surface area contributed by atoms with Gasteiger partial charge in [-0.1, -0.05) is 13.8 Å². The molecular weight excluding hydrogens is 226 g/mol.